The number of nitrogens with zero attached hydrogens (tertiary/aromatic N) is 1. The Kier molecular flexibility index (Phi) is 6.26. The highest BCUT2D eigenvalue weighted by molar-refractivity contribution is 7.99. The van der Waals surface area contributed by atoms with E-state index in [1.165, 1.54) is 12.1 Å². The van der Waals surface area contributed by atoms with E-state index in [2.05, 4.69) is 0 Å². The first-order valence-corrected chi connectivity index (χ1v) is 9.35. The standard InChI is InChI=1S/C20H18FNO3S/c21-18-10-14(11-22)7-8-15(18)12-25-20(23)17-5-1-2-6-19(17)26-13-16-4-3-9-24-16/h1-2,5-8,10,16H,3-4,9,12-13H2/t16-/m1/s1. The molecule has 0 aliphatic carbocycles. The van der Waals surface area contributed by atoms with E-state index in [0.29, 0.717) is 5.56 Å². The van der Waals surface area contributed by atoms with Crippen molar-refractivity contribution >= 4 is 17.7 Å². The van der Waals surface area contributed by atoms with Gasteiger partial charge in [-0.1, -0.05) is 18.2 Å². The van der Waals surface area contributed by atoms with Gasteiger partial charge in [-0.05, 0) is 37.1 Å². The lowest BCUT2D eigenvalue weighted by atomic mass is 10.1. The summed E-state index contributed by atoms with van der Waals surface area (Å²) in [6.07, 6.45) is 2.33. The third-order valence-electron chi connectivity index (χ3n) is 4.10. The summed E-state index contributed by atoms with van der Waals surface area (Å²) in [6.45, 7) is 0.617. The molecule has 1 fully saturated rings. The molecule has 134 valence electrons. The Morgan fingerprint density at radius 3 is 2.92 bits per heavy atom. The van der Waals surface area contributed by atoms with Crippen LogP contribution in [-0.2, 0) is 16.1 Å². The van der Waals surface area contributed by atoms with Gasteiger partial charge in [0.1, 0.15) is 12.4 Å². The smallest absolute Gasteiger partial charge is 0.339 e. The minimum absolute atomic E-state index is 0.179. The van der Waals surface area contributed by atoms with Gasteiger partial charge in [0.25, 0.3) is 0 Å². The molecule has 0 spiro atoms. The van der Waals surface area contributed by atoms with Crippen molar-refractivity contribution in [3.8, 4) is 6.07 Å². The molecule has 0 saturated carbocycles. The van der Waals surface area contributed by atoms with Crippen LogP contribution in [0.3, 0.4) is 0 Å². The van der Waals surface area contributed by atoms with E-state index >= 15 is 0 Å². The zero-order chi connectivity index (χ0) is 18.4. The van der Waals surface area contributed by atoms with E-state index in [9.17, 15) is 9.18 Å². The quantitative estimate of drug-likeness (QED) is 0.559. The van der Waals surface area contributed by atoms with E-state index in [1.54, 1.807) is 23.9 Å². The zero-order valence-electron chi connectivity index (χ0n) is 14.1. The Balaban J connectivity index is 1.63. The maximum absolute atomic E-state index is 13.9. The molecule has 4 nitrogen and oxygen atoms in total. The van der Waals surface area contributed by atoms with Gasteiger partial charge in [0.15, 0.2) is 0 Å². The number of thioether (sulfide) groups is 1. The van der Waals surface area contributed by atoms with Crippen LogP contribution in [0.1, 0.15) is 34.3 Å². The summed E-state index contributed by atoms with van der Waals surface area (Å²) in [4.78, 5) is 13.3. The average molecular weight is 371 g/mol. The number of rotatable bonds is 6. The Morgan fingerprint density at radius 1 is 1.35 bits per heavy atom. The second kappa shape index (κ2) is 8.84. The van der Waals surface area contributed by atoms with Gasteiger partial charge in [-0.3, -0.25) is 0 Å². The van der Waals surface area contributed by atoms with E-state index in [4.69, 9.17) is 14.7 Å². The van der Waals surface area contributed by atoms with Crippen LogP contribution in [0, 0.1) is 17.1 Å². The molecule has 1 saturated heterocycles. The first-order valence-electron chi connectivity index (χ1n) is 8.36. The lowest BCUT2D eigenvalue weighted by Crippen LogP contribution is -2.10. The molecule has 26 heavy (non-hydrogen) atoms. The average Bonchev–Trinajstić information content (AvgIpc) is 3.19. The summed E-state index contributed by atoms with van der Waals surface area (Å²) >= 11 is 1.57. The lowest BCUT2D eigenvalue weighted by molar-refractivity contribution is 0.0464. The van der Waals surface area contributed by atoms with Crippen LogP contribution in [-0.4, -0.2) is 24.4 Å². The molecule has 1 heterocycles. The number of ether oxygens (including phenoxy) is 2. The van der Waals surface area contributed by atoms with Gasteiger partial charge in [0.05, 0.1) is 23.3 Å². The maximum Gasteiger partial charge on any atom is 0.339 e. The molecule has 1 aliphatic heterocycles. The van der Waals surface area contributed by atoms with Crippen LogP contribution in [0.4, 0.5) is 4.39 Å². The summed E-state index contributed by atoms with van der Waals surface area (Å²) in [5, 5.41) is 8.77. The first kappa shape index (κ1) is 18.4. The second-order valence-corrected chi connectivity index (χ2v) is 7.00. The SMILES string of the molecule is N#Cc1ccc(COC(=O)c2ccccc2SC[C@H]2CCCO2)c(F)c1. The number of carbonyl (C=O) groups is 1. The van der Waals surface area contributed by atoms with Crippen molar-refractivity contribution < 1.29 is 18.7 Å². The van der Waals surface area contributed by atoms with E-state index in [1.807, 2.05) is 18.2 Å². The predicted molar refractivity (Wildman–Crippen MR) is 96.4 cm³/mol. The van der Waals surface area contributed by atoms with E-state index in [0.717, 1.165) is 36.2 Å². The highest BCUT2D eigenvalue weighted by atomic mass is 32.2. The van der Waals surface area contributed by atoms with Crippen LogP contribution < -0.4 is 0 Å². The van der Waals surface area contributed by atoms with Gasteiger partial charge in [0, 0.05) is 22.8 Å². The monoisotopic (exact) mass is 371 g/mol. The van der Waals surface area contributed by atoms with Gasteiger partial charge in [0.2, 0.25) is 0 Å². The van der Waals surface area contributed by atoms with Crippen molar-refractivity contribution in [2.24, 2.45) is 0 Å². The first-order chi connectivity index (χ1) is 12.7. The topological polar surface area (TPSA) is 59.3 Å². The fraction of sp³-hybridized carbons (Fsp3) is 0.300. The molecule has 0 amide bonds. The Morgan fingerprint density at radius 2 is 2.19 bits per heavy atom. The van der Waals surface area contributed by atoms with Crippen LogP contribution in [0.25, 0.3) is 0 Å². The Bertz CT molecular complexity index is 828. The molecule has 3 rings (SSSR count). The molecule has 0 aromatic heterocycles. The van der Waals surface area contributed by atoms with Crippen molar-refractivity contribution in [2.75, 3.05) is 12.4 Å². The maximum atomic E-state index is 13.9. The summed E-state index contributed by atoms with van der Waals surface area (Å²) in [5.74, 6) is -0.267. The zero-order valence-corrected chi connectivity index (χ0v) is 14.9. The molecule has 0 N–H and O–H groups in total. The number of carbonyl (C=O) groups excluding carboxylic acids is 1. The van der Waals surface area contributed by atoms with Crippen molar-refractivity contribution in [3.63, 3.8) is 0 Å². The molecule has 0 radical (unpaired) electrons. The Labute approximate surface area is 155 Å². The fourth-order valence-electron chi connectivity index (χ4n) is 2.67. The molecule has 2 aromatic carbocycles. The van der Waals surface area contributed by atoms with Gasteiger partial charge >= 0.3 is 5.97 Å². The largest absolute Gasteiger partial charge is 0.457 e. The third-order valence-corrected chi connectivity index (χ3v) is 5.30. The number of hydrogen-bond acceptors (Lipinski definition) is 5. The number of benzene rings is 2. The fourth-order valence-corrected chi connectivity index (χ4v) is 3.78. The van der Waals surface area contributed by atoms with Gasteiger partial charge in [-0.25, -0.2) is 9.18 Å². The van der Waals surface area contributed by atoms with Crippen molar-refractivity contribution in [3.05, 3.63) is 65.0 Å². The van der Waals surface area contributed by atoms with Crippen LogP contribution in [0.15, 0.2) is 47.4 Å². The molecular weight excluding hydrogens is 353 g/mol. The lowest BCUT2D eigenvalue weighted by Gasteiger charge is -2.12. The molecule has 0 unspecified atom stereocenters. The number of halogens is 1. The van der Waals surface area contributed by atoms with Crippen LogP contribution in [0.5, 0.6) is 0 Å². The van der Waals surface area contributed by atoms with Crippen molar-refractivity contribution in [1.29, 1.82) is 5.26 Å². The minimum Gasteiger partial charge on any atom is -0.457 e. The third kappa shape index (κ3) is 4.63. The molecule has 1 atom stereocenters. The molecule has 1 aliphatic rings. The molecular formula is C20H18FNO3S. The van der Waals surface area contributed by atoms with Gasteiger partial charge in [-0.2, -0.15) is 5.26 Å². The molecule has 2 aromatic rings. The summed E-state index contributed by atoms with van der Waals surface area (Å²) in [7, 11) is 0. The van der Waals surface area contributed by atoms with Crippen LogP contribution >= 0.6 is 11.8 Å². The molecule has 6 heteroatoms. The summed E-state index contributed by atoms with van der Waals surface area (Å²) < 4.78 is 24.8. The normalized spacial score (nSPS) is 16.2. The Hall–Kier alpha value is -2.36. The minimum atomic E-state index is -0.558. The van der Waals surface area contributed by atoms with Crippen molar-refractivity contribution in [1.82, 2.24) is 0 Å². The van der Waals surface area contributed by atoms with Gasteiger partial charge in [-0.15, -0.1) is 11.8 Å². The number of esters is 1. The highest BCUT2D eigenvalue weighted by Crippen LogP contribution is 2.27. The van der Waals surface area contributed by atoms with Crippen LogP contribution in [0.2, 0.25) is 0 Å². The number of nitriles is 1. The predicted octanol–water partition coefficient (Wildman–Crippen LogP) is 4.33. The summed E-state index contributed by atoms with van der Waals surface area (Å²) in [6, 6.07) is 13.2. The van der Waals surface area contributed by atoms with Crippen molar-refractivity contribution in [2.45, 2.75) is 30.4 Å². The highest BCUT2D eigenvalue weighted by Gasteiger charge is 2.18. The summed E-state index contributed by atoms with van der Waals surface area (Å²) in [5.41, 5.74) is 0.930. The second-order valence-electron chi connectivity index (χ2n) is 5.94. The molecule has 0 bridgehead atoms. The number of hydrogen-bond donors (Lipinski definition) is 0. The van der Waals surface area contributed by atoms with Gasteiger partial charge < -0.3 is 9.47 Å². The van der Waals surface area contributed by atoms with E-state index in [-0.39, 0.29) is 23.8 Å². The van der Waals surface area contributed by atoms with E-state index < -0.39 is 11.8 Å².